The van der Waals surface area contributed by atoms with Gasteiger partial charge in [0.05, 0.1) is 16.6 Å². The van der Waals surface area contributed by atoms with Gasteiger partial charge in [-0.15, -0.1) is 0 Å². The molecular weight excluding hydrogens is 639 g/mol. The highest BCUT2D eigenvalue weighted by molar-refractivity contribution is 7.00. The normalized spacial score (nSPS) is 13.2. The summed E-state index contributed by atoms with van der Waals surface area (Å²) in [5.41, 5.74) is 19.7. The predicted octanol–water partition coefficient (Wildman–Crippen LogP) is 10.6. The van der Waals surface area contributed by atoms with Gasteiger partial charge in [0, 0.05) is 38.4 Å². The first kappa shape index (κ1) is 26.9. The van der Waals surface area contributed by atoms with Crippen LogP contribution in [0.3, 0.4) is 0 Å². The zero-order chi connectivity index (χ0) is 34.1. The average molecular weight is 667 g/mol. The highest BCUT2D eigenvalue weighted by Gasteiger charge is 2.42. The second-order valence-electron chi connectivity index (χ2n) is 15.2. The fourth-order valence-electron chi connectivity index (χ4n) is 10.8. The smallest absolute Gasteiger partial charge is 0.252 e. The Morgan fingerprint density at radius 3 is 1.87 bits per heavy atom. The Hall–Kier alpha value is -6.84. The van der Waals surface area contributed by atoms with Crippen LogP contribution in [0.1, 0.15) is 0 Å². The van der Waals surface area contributed by atoms with Gasteiger partial charge in [0.25, 0.3) is 6.71 Å². The van der Waals surface area contributed by atoms with Gasteiger partial charge in [0.1, 0.15) is 0 Å². The van der Waals surface area contributed by atoms with Crippen LogP contribution in [-0.2, 0) is 0 Å². The minimum atomic E-state index is 0.0881. The molecule has 11 aromatic rings. The van der Waals surface area contributed by atoms with Gasteiger partial charge in [-0.3, -0.25) is 0 Å². The van der Waals surface area contributed by atoms with Crippen LogP contribution in [0.5, 0.6) is 0 Å². The van der Waals surface area contributed by atoms with E-state index in [2.05, 4.69) is 173 Å². The minimum Gasteiger partial charge on any atom is -0.310 e. The molecule has 2 aliphatic heterocycles. The predicted molar refractivity (Wildman–Crippen MR) is 225 cm³/mol. The summed E-state index contributed by atoms with van der Waals surface area (Å²) in [6.07, 6.45) is 0. The monoisotopic (exact) mass is 666 g/mol. The Bertz CT molecular complexity index is 3520. The van der Waals surface area contributed by atoms with E-state index in [1.165, 1.54) is 126 Å². The van der Waals surface area contributed by atoms with Crippen LogP contribution < -0.4 is 16.4 Å². The lowest BCUT2D eigenvalue weighted by Crippen LogP contribution is -2.59. The van der Waals surface area contributed by atoms with Crippen LogP contribution in [0.2, 0.25) is 0 Å². The molecule has 0 N–H and O–H groups in total. The fraction of sp³-hybridized carbons (Fsp3) is 0. The molecule has 9 aromatic carbocycles. The number of hydrogen-bond donors (Lipinski definition) is 0. The number of aromatic nitrogens is 2. The minimum absolute atomic E-state index is 0.0881. The van der Waals surface area contributed by atoms with E-state index < -0.39 is 0 Å². The third-order valence-corrected chi connectivity index (χ3v) is 12.8. The number of para-hydroxylation sites is 2. The van der Waals surface area contributed by atoms with E-state index in [0.717, 1.165) is 0 Å². The van der Waals surface area contributed by atoms with Gasteiger partial charge in [0.15, 0.2) is 0 Å². The molecule has 4 heterocycles. The van der Waals surface area contributed by atoms with Crippen molar-refractivity contribution >= 4 is 88.3 Å². The Kier molecular flexibility index (Phi) is 4.64. The van der Waals surface area contributed by atoms with E-state index >= 15 is 0 Å². The lowest BCUT2D eigenvalue weighted by Gasteiger charge is -2.34. The largest absolute Gasteiger partial charge is 0.310 e. The molecule has 0 saturated heterocycles. The lowest BCUT2D eigenvalue weighted by atomic mass is 9.34. The summed E-state index contributed by atoms with van der Waals surface area (Å²) in [6, 6.07) is 62.1. The quantitative estimate of drug-likeness (QED) is 0.154. The Balaban J connectivity index is 1.24. The first-order valence-corrected chi connectivity index (χ1v) is 18.6. The molecule has 0 saturated carbocycles. The topological polar surface area (TPSA) is 9.86 Å². The summed E-state index contributed by atoms with van der Waals surface area (Å²) in [5.74, 6) is 0. The second-order valence-corrected chi connectivity index (χ2v) is 15.2. The van der Waals surface area contributed by atoms with Crippen LogP contribution >= 0.6 is 0 Å². The summed E-state index contributed by atoms with van der Waals surface area (Å²) >= 11 is 0. The van der Waals surface area contributed by atoms with Crippen molar-refractivity contribution in [3.63, 3.8) is 0 Å². The van der Waals surface area contributed by atoms with Crippen LogP contribution in [0.25, 0.3) is 110 Å². The molecule has 0 amide bonds. The molecule has 0 radical (unpaired) electrons. The van der Waals surface area contributed by atoms with Gasteiger partial charge in [-0.25, -0.2) is 0 Å². The molecule has 1 aliphatic carbocycles. The molecule has 3 heteroatoms. The van der Waals surface area contributed by atoms with Crippen molar-refractivity contribution < 1.29 is 0 Å². The number of rotatable bonds is 1. The van der Waals surface area contributed by atoms with Crippen molar-refractivity contribution in [3.8, 4) is 44.8 Å². The van der Waals surface area contributed by atoms with Gasteiger partial charge in [-0.05, 0) is 102 Å². The van der Waals surface area contributed by atoms with E-state index in [-0.39, 0.29) is 6.71 Å². The number of fused-ring (bicyclic) bond motifs is 12. The molecule has 0 bridgehead atoms. The summed E-state index contributed by atoms with van der Waals surface area (Å²) < 4.78 is 5.22. The van der Waals surface area contributed by atoms with Gasteiger partial charge in [-0.2, -0.15) is 0 Å². The Morgan fingerprint density at radius 2 is 1.00 bits per heavy atom. The van der Waals surface area contributed by atoms with Crippen molar-refractivity contribution in [3.05, 3.63) is 164 Å². The molecular formula is C50H27BN2. The van der Waals surface area contributed by atoms with Crippen molar-refractivity contribution in [2.45, 2.75) is 0 Å². The van der Waals surface area contributed by atoms with E-state index in [4.69, 9.17) is 0 Å². The van der Waals surface area contributed by atoms with Crippen molar-refractivity contribution in [2.24, 2.45) is 0 Å². The number of benzene rings is 9. The Morgan fingerprint density at radius 1 is 0.358 bits per heavy atom. The highest BCUT2D eigenvalue weighted by atomic mass is 15.0. The first-order chi connectivity index (χ1) is 26.3. The summed E-state index contributed by atoms with van der Waals surface area (Å²) in [5, 5.41) is 10.6. The maximum Gasteiger partial charge on any atom is 0.252 e. The lowest BCUT2D eigenvalue weighted by molar-refractivity contribution is 1.14. The van der Waals surface area contributed by atoms with Crippen LogP contribution in [0.4, 0.5) is 0 Å². The van der Waals surface area contributed by atoms with Gasteiger partial charge >= 0.3 is 0 Å². The maximum absolute atomic E-state index is 2.64. The molecule has 0 atom stereocenters. The molecule has 3 aliphatic rings. The zero-order valence-corrected chi connectivity index (χ0v) is 28.6. The van der Waals surface area contributed by atoms with Crippen molar-refractivity contribution in [1.29, 1.82) is 0 Å². The molecule has 0 spiro atoms. The van der Waals surface area contributed by atoms with E-state index in [0.29, 0.717) is 0 Å². The first-order valence-electron chi connectivity index (χ1n) is 18.6. The fourth-order valence-corrected chi connectivity index (χ4v) is 10.8. The highest BCUT2D eigenvalue weighted by Crippen LogP contribution is 2.50. The molecule has 53 heavy (non-hydrogen) atoms. The van der Waals surface area contributed by atoms with E-state index in [9.17, 15) is 0 Å². The molecule has 0 fully saturated rings. The third kappa shape index (κ3) is 3.08. The van der Waals surface area contributed by atoms with Crippen molar-refractivity contribution in [1.82, 2.24) is 9.13 Å². The van der Waals surface area contributed by atoms with Crippen molar-refractivity contribution in [2.75, 3.05) is 0 Å². The average Bonchev–Trinajstić information content (AvgIpc) is 3.71. The molecule has 2 nitrogen and oxygen atoms in total. The third-order valence-electron chi connectivity index (χ3n) is 12.8. The van der Waals surface area contributed by atoms with Gasteiger partial charge in [0.2, 0.25) is 0 Å². The maximum atomic E-state index is 2.64. The van der Waals surface area contributed by atoms with Gasteiger partial charge in [-0.1, -0.05) is 133 Å². The van der Waals surface area contributed by atoms with Gasteiger partial charge < -0.3 is 9.13 Å². The summed E-state index contributed by atoms with van der Waals surface area (Å²) in [6.45, 7) is 0.0881. The van der Waals surface area contributed by atoms with Crippen LogP contribution in [0.15, 0.2) is 164 Å². The number of nitrogens with zero attached hydrogens (tertiary/aromatic N) is 2. The summed E-state index contributed by atoms with van der Waals surface area (Å²) in [7, 11) is 0. The molecule has 0 unspecified atom stereocenters. The van der Waals surface area contributed by atoms with E-state index in [1.54, 1.807) is 0 Å². The SMILES string of the molecule is c1ccc2c(c1)-c1cccc3cc4c5c(c13)c1c-2cccc1n5-c1cc(-c2ccc3ccccc3c2)cc2c1B4c1cccc3c4ccccc4n-2c13. The Labute approximate surface area is 304 Å². The molecule has 240 valence electrons. The standard InChI is InChI=1S/C50H27BN2/c1-2-11-29-24-30(23-22-28(29)10-1)32-26-43-48-44(27-32)53-42-21-9-17-37-34-14-4-3-13-33(34)36-16-7-12-31-25-40(50(53)47(45(31)36)46(37)42)51(48)39-19-8-18-38-35-15-5-6-20-41(35)52(43)49(38)39/h1-27H. The van der Waals surface area contributed by atoms with Crippen LogP contribution in [-0.4, -0.2) is 15.8 Å². The molecule has 14 rings (SSSR count). The number of hydrogen-bond acceptors (Lipinski definition) is 0. The second kappa shape index (κ2) is 9.14. The van der Waals surface area contributed by atoms with Crippen LogP contribution in [0, 0.1) is 0 Å². The zero-order valence-electron chi connectivity index (χ0n) is 28.6. The molecule has 2 aromatic heterocycles. The van der Waals surface area contributed by atoms with E-state index in [1.807, 2.05) is 0 Å². The summed E-state index contributed by atoms with van der Waals surface area (Å²) in [4.78, 5) is 0.